The molecule has 0 saturated carbocycles. The molecule has 2 N–H and O–H groups in total. The van der Waals surface area contributed by atoms with Crippen LogP contribution in [0.15, 0.2) is 42.6 Å². The van der Waals surface area contributed by atoms with Crippen LogP contribution in [-0.2, 0) is 27.0 Å². The van der Waals surface area contributed by atoms with Crippen LogP contribution in [0, 0.1) is 11.3 Å². The molecule has 1 aromatic heterocycles. The van der Waals surface area contributed by atoms with E-state index in [1.807, 2.05) is 51.1 Å². The van der Waals surface area contributed by atoms with E-state index in [2.05, 4.69) is 10.3 Å². The van der Waals surface area contributed by atoms with Gasteiger partial charge in [0.1, 0.15) is 12.1 Å². The summed E-state index contributed by atoms with van der Waals surface area (Å²) in [6, 6.07) is 7.55. The van der Waals surface area contributed by atoms with Gasteiger partial charge in [-0.25, -0.2) is 9.78 Å². The zero-order valence-electron chi connectivity index (χ0n) is 23.1. The Morgan fingerprint density at radius 3 is 2.42 bits per heavy atom. The number of hydrogen-bond donors (Lipinski definition) is 2. The number of likely N-dealkylation sites (tertiary alicyclic amines) is 1. The topological polar surface area (TPSA) is 101 Å². The van der Waals surface area contributed by atoms with Crippen LogP contribution in [0.3, 0.4) is 0 Å². The second-order valence-corrected chi connectivity index (χ2v) is 11.4. The highest BCUT2D eigenvalue weighted by atomic mass is 19.4. The molecule has 0 spiro atoms. The molecular formula is C29H36F3N3O5. The summed E-state index contributed by atoms with van der Waals surface area (Å²) < 4.78 is 51.5. The molecular weight excluding hydrogens is 527 g/mol. The average Bonchev–Trinajstić information content (AvgIpc) is 3.28. The molecule has 2 saturated heterocycles. The summed E-state index contributed by atoms with van der Waals surface area (Å²) in [4.78, 5) is 32.2. The Hall–Kier alpha value is -3.18. The molecule has 2 aliphatic rings. The van der Waals surface area contributed by atoms with Crippen molar-refractivity contribution in [3.63, 3.8) is 0 Å². The van der Waals surface area contributed by atoms with E-state index in [0.717, 1.165) is 24.5 Å². The van der Waals surface area contributed by atoms with E-state index in [-0.39, 0.29) is 18.0 Å². The number of amides is 1. The SMILES string of the molecule is COc1ncc(C(F)(F)F)cc1CN[C@@H]1[C@@H](C(C)(C)C)[C@H](C(=O)O)N(C(=O)[C@@H]2CCCCO2)[C@@H]1c1ccccc1. The molecule has 0 unspecified atom stereocenters. The van der Waals surface area contributed by atoms with Crippen LogP contribution >= 0.6 is 0 Å². The van der Waals surface area contributed by atoms with Gasteiger partial charge in [-0.3, -0.25) is 4.79 Å². The smallest absolute Gasteiger partial charge is 0.417 e. The standard InChI is InChI=1S/C29H36F3N3O5/c1-28(2,3)21-22(33-15-18-14-19(29(30,31)32)16-34-25(18)39-4)23(17-10-6-5-7-11-17)35(24(21)27(37)38)26(36)20-12-8-9-13-40-20/h5-7,10-11,14,16,20-24,33H,8-9,12-13,15H2,1-4H3,(H,37,38)/t20-,21+,22+,23+,24+/m0/s1. The molecule has 2 aromatic rings. The molecule has 3 heterocycles. The predicted octanol–water partition coefficient (Wildman–Crippen LogP) is 4.84. The fourth-order valence-electron chi connectivity index (χ4n) is 6.02. The predicted molar refractivity (Wildman–Crippen MR) is 140 cm³/mol. The number of carboxylic acids is 1. The lowest BCUT2D eigenvalue weighted by Gasteiger charge is -2.36. The van der Waals surface area contributed by atoms with E-state index >= 15 is 0 Å². The van der Waals surface area contributed by atoms with Gasteiger partial charge in [-0.15, -0.1) is 0 Å². The van der Waals surface area contributed by atoms with E-state index in [1.165, 1.54) is 12.0 Å². The first-order valence-corrected chi connectivity index (χ1v) is 13.4. The van der Waals surface area contributed by atoms with Crippen molar-refractivity contribution in [2.45, 2.75) is 77.0 Å². The Kier molecular flexibility index (Phi) is 8.75. The second-order valence-electron chi connectivity index (χ2n) is 11.4. The van der Waals surface area contributed by atoms with E-state index in [4.69, 9.17) is 9.47 Å². The number of carboxylic acid groups (broad SMARTS) is 1. The number of halogens is 3. The number of aliphatic carboxylic acids is 1. The number of nitrogens with zero attached hydrogens (tertiary/aromatic N) is 2. The van der Waals surface area contributed by atoms with Crippen LogP contribution in [0.4, 0.5) is 13.2 Å². The Labute approximate surface area is 231 Å². The number of ether oxygens (including phenoxy) is 2. The van der Waals surface area contributed by atoms with Crippen molar-refractivity contribution in [3.8, 4) is 5.88 Å². The molecule has 0 radical (unpaired) electrons. The third-order valence-electron chi connectivity index (χ3n) is 7.74. The fourth-order valence-corrected chi connectivity index (χ4v) is 6.02. The third kappa shape index (κ3) is 6.10. The molecule has 1 aromatic carbocycles. The van der Waals surface area contributed by atoms with Crippen molar-refractivity contribution in [1.29, 1.82) is 0 Å². The Morgan fingerprint density at radius 2 is 1.88 bits per heavy atom. The maximum absolute atomic E-state index is 14.0. The highest BCUT2D eigenvalue weighted by Crippen LogP contribution is 2.49. The van der Waals surface area contributed by atoms with E-state index in [0.29, 0.717) is 19.2 Å². The lowest BCUT2D eigenvalue weighted by atomic mass is 9.72. The van der Waals surface area contributed by atoms with Crippen molar-refractivity contribution in [2.75, 3.05) is 13.7 Å². The fraction of sp³-hybridized carbons (Fsp3) is 0.552. The minimum Gasteiger partial charge on any atom is -0.481 e. The molecule has 5 atom stereocenters. The number of rotatable bonds is 7. The van der Waals surface area contributed by atoms with E-state index in [1.54, 1.807) is 0 Å². The van der Waals surface area contributed by atoms with Gasteiger partial charge in [-0.1, -0.05) is 51.1 Å². The second kappa shape index (κ2) is 11.7. The number of carbonyl (C=O) groups excluding carboxylic acids is 1. The maximum atomic E-state index is 14.0. The molecule has 1 amide bonds. The van der Waals surface area contributed by atoms with Crippen LogP contribution < -0.4 is 10.1 Å². The third-order valence-corrected chi connectivity index (χ3v) is 7.74. The first kappa shape index (κ1) is 29.8. The van der Waals surface area contributed by atoms with Crippen LogP contribution in [0.25, 0.3) is 0 Å². The Bertz CT molecular complexity index is 1200. The van der Waals surface area contributed by atoms with Gasteiger partial charge in [-0.05, 0) is 36.3 Å². The number of carbonyl (C=O) groups is 2. The van der Waals surface area contributed by atoms with Crippen LogP contribution in [0.2, 0.25) is 0 Å². The summed E-state index contributed by atoms with van der Waals surface area (Å²) in [5.74, 6) is -2.11. The zero-order valence-corrected chi connectivity index (χ0v) is 23.1. The number of hydrogen-bond acceptors (Lipinski definition) is 6. The first-order chi connectivity index (χ1) is 18.8. The molecule has 0 aliphatic carbocycles. The first-order valence-electron chi connectivity index (χ1n) is 13.4. The highest BCUT2D eigenvalue weighted by molar-refractivity contribution is 5.88. The normalized spacial score (nSPS) is 25.6. The van der Waals surface area contributed by atoms with Crippen molar-refractivity contribution in [2.24, 2.45) is 11.3 Å². The van der Waals surface area contributed by atoms with Gasteiger partial charge in [0.15, 0.2) is 0 Å². The maximum Gasteiger partial charge on any atom is 0.417 e. The Morgan fingerprint density at radius 1 is 1.18 bits per heavy atom. The largest absolute Gasteiger partial charge is 0.481 e. The number of pyridine rings is 1. The summed E-state index contributed by atoms with van der Waals surface area (Å²) in [6.45, 7) is 6.05. The number of methoxy groups -OCH3 is 1. The van der Waals surface area contributed by atoms with Gasteiger partial charge in [0.2, 0.25) is 5.88 Å². The summed E-state index contributed by atoms with van der Waals surface area (Å²) in [5.41, 5.74) is -0.634. The molecule has 40 heavy (non-hydrogen) atoms. The van der Waals surface area contributed by atoms with Gasteiger partial charge < -0.3 is 24.8 Å². The van der Waals surface area contributed by atoms with E-state index < -0.39 is 59.2 Å². The summed E-state index contributed by atoms with van der Waals surface area (Å²) >= 11 is 0. The summed E-state index contributed by atoms with van der Waals surface area (Å²) in [6.07, 6.45) is -2.52. The number of aromatic nitrogens is 1. The van der Waals surface area contributed by atoms with Gasteiger partial charge in [0.25, 0.3) is 5.91 Å². The van der Waals surface area contributed by atoms with Gasteiger partial charge in [0.05, 0.1) is 18.7 Å². The Balaban J connectivity index is 1.81. The quantitative estimate of drug-likeness (QED) is 0.498. The lowest BCUT2D eigenvalue weighted by Crippen LogP contribution is -2.51. The highest BCUT2D eigenvalue weighted by Gasteiger charge is 2.58. The van der Waals surface area contributed by atoms with Crippen LogP contribution in [0.1, 0.15) is 62.8 Å². The summed E-state index contributed by atoms with van der Waals surface area (Å²) in [5, 5.41) is 13.9. The molecule has 0 bridgehead atoms. The monoisotopic (exact) mass is 563 g/mol. The molecule has 218 valence electrons. The van der Waals surface area contributed by atoms with E-state index in [9.17, 15) is 27.9 Å². The average molecular weight is 564 g/mol. The molecule has 2 fully saturated rings. The van der Waals surface area contributed by atoms with Crippen molar-refractivity contribution in [3.05, 3.63) is 59.3 Å². The van der Waals surface area contributed by atoms with Gasteiger partial charge >= 0.3 is 12.1 Å². The number of benzene rings is 1. The van der Waals surface area contributed by atoms with Crippen molar-refractivity contribution in [1.82, 2.24) is 15.2 Å². The molecule has 8 nitrogen and oxygen atoms in total. The van der Waals surface area contributed by atoms with Crippen LogP contribution in [-0.4, -0.2) is 58.8 Å². The number of alkyl halides is 3. The van der Waals surface area contributed by atoms with Gasteiger partial charge in [0, 0.05) is 36.9 Å². The van der Waals surface area contributed by atoms with Crippen molar-refractivity contribution >= 4 is 11.9 Å². The number of nitrogens with one attached hydrogen (secondary N) is 1. The zero-order chi connectivity index (χ0) is 29.2. The van der Waals surface area contributed by atoms with Crippen LogP contribution in [0.5, 0.6) is 5.88 Å². The molecule has 2 aliphatic heterocycles. The van der Waals surface area contributed by atoms with Crippen molar-refractivity contribution < 1.29 is 37.3 Å². The molecule has 11 heteroatoms. The molecule has 4 rings (SSSR count). The minimum absolute atomic E-state index is 0.0281. The van der Waals surface area contributed by atoms with Gasteiger partial charge in [-0.2, -0.15) is 13.2 Å². The summed E-state index contributed by atoms with van der Waals surface area (Å²) in [7, 11) is 1.32. The minimum atomic E-state index is -4.60. The lowest BCUT2D eigenvalue weighted by molar-refractivity contribution is -0.159.